The minimum atomic E-state index is -0.0665. The number of hydrogen-bond acceptors (Lipinski definition) is 4. The molecule has 2 aromatic carbocycles. The van der Waals surface area contributed by atoms with E-state index in [0.29, 0.717) is 13.1 Å². The Morgan fingerprint density at radius 2 is 1.70 bits per heavy atom. The van der Waals surface area contributed by atoms with E-state index in [1.807, 2.05) is 65.5 Å². The van der Waals surface area contributed by atoms with Gasteiger partial charge in [-0.05, 0) is 31.7 Å². The minimum absolute atomic E-state index is 0.0665. The molecule has 0 aliphatic carbocycles. The second kappa shape index (κ2) is 11.6. The highest BCUT2D eigenvalue weighted by molar-refractivity contribution is 5.92. The van der Waals surface area contributed by atoms with Gasteiger partial charge in [0.2, 0.25) is 5.91 Å². The first-order chi connectivity index (χ1) is 16.2. The van der Waals surface area contributed by atoms with E-state index >= 15 is 0 Å². The number of aromatic nitrogens is 2. The van der Waals surface area contributed by atoms with Crippen molar-refractivity contribution < 1.29 is 4.79 Å². The lowest BCUT2D eigenvalue weighted by molar-refractivity contribution is -0.116. The van der Waals surface area contributed by atoms with E-state index in [2.05, 4.69) is 34.3 Å². The van der Waals surface area contributed by atoms with Crippen LogP contribution < -0.4 is 5.32 Å². The normalized spacial score (nSPS) is 15.2. The second-order valence-corrected chi connectivity index (χ2v) is 8.61. The van der Waals surface area contributed by atoms with Crippen LogP contribution in [-0.4, -0.2) is 71.8 Å². The van der Waals surface area contributed by atoms with Crippen LogP contribution in [0.1, 0.15) is 17.5 Å². The summed E-state index contributed by atoms with van der Waals surface area (Å²) in [6, 6.07) is 20.4. The van der Waals surface area contributed by atoms with Gasteiger partial charge in [-0.15, -0.1) is 0 Å². The van der Waals surface area contributed by atoms with Gasteiger partial charge in [-0.25, -0.2) is 0 Å². The molecule has 1 saturated heterocycles. The van der Waals surface area contributed by atoms with Crippen LogP contribution in [-0.2, 0) is 11.3 Å². The van der Waals surface area contributed by atoms with Crippen molar-refractivity contribution in [3.8, 4) is 11.3 Å². The Hall–Kier alpha value is -3.22. The molecule has 0 unspecified atom stereocenters. The molecule has 0 bridgehead atoms. The predicted molar refractivity (Wildman–Crippen MR) is 134 cm³/mol. The topological polar surface area (TPSA) is 53.4 Å². The SMILES string of the molecule is CN1CCN(CCCNC(=O)C=Cc2cn(Cc3ccccc3)nc2-c2ccccc2)CC1. The Morgan fingerprint density at radius 1 is 1.00 bits per heavy atom. The maximum Gasteiger partial charge on any atom is 0.244 e. The number of nitrogens with zero attached hydrogens (tertiary/aromatic N) is 4. The third-order valence-electron chi connectivity index (χ3n) is 5.99. The lowest BCUT2D eigenvalue weighted by atomic mass is 10.1. The van der Waals surface area contributed by atoms with Gasteiger partial charge >= 0.3 is 0 Å². The van der Waals surface area contributed by atoms with Gasteiger partial charge in [0, 0.05) is 56.1 Å². The summed E-state index contributed by atoms with van der Waals surface area (Å²) in [6.45, 7) is 6.87. The highest BCUT2D eigenvalue weighted by Crippen LogP contribution is 2.23. The van der Waals surface area contributed by atoms with Gasteiger partial charge in [-0.1, -0.05) is 60.7 Å². The Labute approximate surface area is 196 Å². The number of nitrogens with one attached hydrogen (secondary N) is 1. The third-order valence-corrected chi connectivity index (χ3v) is 5.99. The van der Waals surface area contributed by atoms with Gasteiger partial charge in [0.25, 0.3) is 0 Å². The van der Waals surface area contributed by atoms with E-state index in [0.717, 1.165) is 56.0 Å². The van der Waals surface area contributed by atoms with E-state index in [-0.39, 0.29) is 5.91 Å². The summed E-state index contributed by atoms with van der Waals surface area (Å²) in [6.07, 6.45) is 6.46. The first-order valence-electron chi connectivity index (χ1n) is 11.7. The summed E-state index contributed by atoms with van der Waals surface area (Å²) in [4.78, 5) is 17.2. The van der Waals surface area contributed by atoms with Gasteiger partial charge in [0.1, 0.15) is 0 Å². The Morgan fingerprint density at radius 3 is 2.42 bits per heavy atom. The molecule has 1 aliphatic heterocycles. The molecule has 0 spiro atoms. The molecular formula is C27H33N5O. The monoisotopic (exact) mass is 443 g/mol. The van der Waals surface area contributed by atoms with Gasteiger partial charge in [-0.3, -0.25) is 9.48 Å². The first-order valence-corrected chi connectivity index (χ1v) is 11.7. The highest BCUT2D eigenvalue weighted by Gasteiger charge is 2.13. The maximum absolute atomic E-state index is 12.4. The molecule has 6 heteroatoms. The molecule has 33 heavy (non-hydrogen) atoms. The number of carbonyl (C=O) groups is 1. The lowest BCUT2D eigenvalue weighted by Gasteiger charge is -2.32. The van der Waals surface area contributed by atoms with Crippen LogP contribution in [0.2, 0.25) is 0 Å². The van der Waals surface area contributed by atoms with Crippen LogP contribution in [0.15, 0.2) is 72.9 Å². The van der Waals surface area contributed by atoms with Crippen molar-refractivity contribution in [1.82, 2.24) is 24.9 Å². The van der Waals surface area contributed by atoms with E-state index in [1.165, 1.54) is 5.56 Å². The lowest BCUT2D eigenvalue weighted by Crippen LogP contribution is -2.45. The molecule has 2 heterocycles. The number of benzene rings is 2. The van der Waals surface area contributed by atoms with Crippen LogP contribution in [0.3, 0.4) is 0 Å². The van der Waals surface area contributed by atoms with Crippen LogP contribution in [0.4, 0.5) is 0 Å². The fourth-order valence-corrected chi connectivity index (χ4v) is 4.04. The Kier molecular flexibility index (Phi) is 8.06. The van der Waals surface area contributed by atoms with Gasteiger partial charge in [0.15, 0.2) is 0 Å². The molecule has 1 N–H and O–H groups in total. The molecule has 0 saturated carbocycles. The predicted octanol–water partition coefficient (Wildman–Crippen LogP) is 3.37. The maximum atomic E-state index is 12.4. The molecule has 1 fully saturated rings. The molecule has 1 amide bonds. The zero-order chi connectivity index (χ0) is 22.9. The van der Waals surface area contributed by atoms with Crippen molar-refractivity contribution in [2.75, 3.05) is 46.3 Å². The highest BCUT2D eigenvalue weighted by atomic mass is 16.1. The molecule has 1 aromatic heterocycles. The molecule has 172 valence electrons. The average Bonchev–Trinajstić information content (AvgIpc) is 3.25. The summed E-state index contributed by atoms with van der Waals surface area (Å²) in [5, 5.41) is 7.83. The van der Waals surface area contributed by atoms with E-state index in [1.54, 1.807) is 6.08 Å². The fourth-order valence-electron chi connectivity index (χ4n) is 4.04. The van der Waals surface area contributed by atoms with Crippen molar-refractivity contribution in [2.24, 2.45) is 0 Å². The number of amides is 1. The summed E-state index contributed by atoms with van der Waals surface area (Å²) in [5.74, 6) is -0.0665. The number of hydrogen-bond donors (Lipinski definition) is 1. The van der Waals surface area contributed by atoms with Crippen LogP contribution in [0.25, 0.3) is 17.3 Å². The van der Waals surface area contributed by atoms with Crippen molar-refractivity contribution >= 4 is 12.0 Å². The van der Waals surface area contributed by atoms with Crippen LogP contribution in [0.5, 0.6) is 0 Å². The Bertz CT molecular complexity index is 1040. The summed E-state index contributed by atoms with van der Waals surface area (Å²) >= 11 is 0. The second-order valence-electron chi connectivity index (χ2n) is 8.61. The molecule has 4 rings (SSSR count). The van der Waals surface area contributed by atoms with Crippen molar-refractivity contribution in [3.63, 3.8) is 0 Å². The molecule has 0 radical (unpaired) electrons. The average molecular weight is 444 g/mol. The van der Waals surface area contributed by atoms with Gasteiger partial charge < -0.3 is 15.1 Å². The molecule has 3 aromatic rings. The van der Waals surface area contributed by atoms with E-state index < -0.39 is 0 Å². The standard InChI is InChI=1S/C27H33N5O/c1-30-17-19-31(20-18-30)16-8-15-28-26(33)14-13-25-22-32(21-23-9-4-2-5-10-23)29-27(25)24-11-6-3-7-12-24/h2-7,9-14,22H,8,15-21H2,1H3,(H,28,33). The Balaban J connectivity index is 1.35. The smallest absolute Gasteiger partial charge is 0.244 e. The van der Waals surface area contributed by atoms with Gasteiger partial charge in [-0.2, -0.15) is 5.10 Å². The number of likely N-dealkylation sites (N-methyl/N-ethyl adjacent to an activating group) is 1. The number of piperazine rings is 1. The van der Waals surface area contributed by atoms with Crippen molar-refractivity contribution in [1.29, 1.82) is 0 Å². The van der Waals surface area contributed by atoms with E-state index in [4.69, 9.17) is 5.10 Å². The fraction of sp³-hybridized carbons (Fsp3) is 0.333. The summed E-state index contributed by atoms with van der Waals surface area (Å²) in [7, 11) is 2.17. The molecule has 1 aliphatic rings. The number of rotatable bonds is 9. The molecular weight excluding hydrogens is 410 g/mol. The number of carbonyl (C=O) groups excluding carboxylic acids is 1. The van der Waals surface area contributed by atoms with Crippen molar-refractivity contribution in [2.45, 2.75) is 13.0 Å². The zero-order valence-electron chi connectivity index (χ0n) is 19.4. The zero-order valence-corrected chi connectivity index (χ0v) is 19.4. The minimum Gasteiger partial charge on any atom is -0.353 e. The third kappa shape index (κ3) is 6.88. The largest absolute Gasteiger partial charge is 0.353 e. The van der Waals surface area contributed by atoms with Gasteiger partial charge in [0.05, 0.1) is 12.2 Å². The van der Waals surface area contributed by atoms with Crippen LogP contribution in [0, 0.1) is 0 Å². The molecule has 6 nitrogen and oxygen atoms in total. The van der Waals surface area contributed by atoms with Crippen LogP contribution >= 0.6 is 0 Å². The molecule has 0 atom stereocenters. The van der Waals surface area contributed by atoms with Crippen molar-refractivity contribution in [3.05, 3.63) is 84.1 Å². The van der Waals surface area contributed by atoms with E-state index in [9.17, 15) is 4.79 Å². The summed E-state index contributed by atoms with van der Waals surface area (Å²) < 4.78 is 1.94. The quantitative estimate of drug-likeness (QED) is 0.407. The first kappa shape index (κ1) is 23.0. The summed E-state index contributed by atoms with van der Waals surface area (Å²) in [5.41, 5.74) is 4.04.